The Morgan fingerprint density at radius 2 is 1.80 bits per heavy atom. The number of nitrogens with zero attached hydrogens (tertiary/aromatic N) is 1. The molecule has 5 nitrogen and oxygen atoms in total. The molecule has 0 spiro atoms. The molecule has 0 aliphatic rings. The van der Waals surface area contributed by atoms with Gasteiger partial charge in [-0.2, -0.15) is 13.2 Å². The SMILES string of the molecule is CN(CC(=O)O)C(=O)C(C)(N)C(F)(F)F. The lowest BCUT2D eigenvalue weighted by molar-refractivity contribution is -0.193. The Kier molecular flexibility index (Phi) is 3.70. The molecule has 3 N–H and O–H groups in total. The second kappa shape index (κ2) is 4.05. The van der Waals surface area contributed by atoms with Crippen molar-refractivity contribution in [3.8, 4) is 0 Å². The molecule has 0 rings (SSSR count). The van der Waals surface area contributed by atoms with Crippen LogP contribution in [-0.2, 0) is 9.59 Å². The normalized spacial score (nSPS) is 15.6. The predicted octanol–water partition coefficient (Wildman–Crippen LogP) is -0.191. The van der Waals surface area contributed by atoms with Gasteiger partial charge in [-0.25, -0.2) is 0 Å². The summed E-state index contributed by atoms with van der Waals surface area (Å²) in [6.07, 6.45) is -4.92. The third-order valence-electron chi connectivity index (χ3n) is 1.75. The molecule has 0 saturated heterocycles. The Morgan fingerprint density at radius 3 is 2.07 bits per heavy atom. The van der Waals surface area contributed by atoms with E-state index in [0.29, 0.717) is 11.8 Å². The fourth-order valence-electron chi connectivity index (χ4n) is 0.792. The van der Waals surface area contributed by atoms with Crippen LogP contribution in [0.3, 0.4) is 0 Å². The van der Waals surface area contributed by atoms with Gasteiger partial charge in [0.15, 0.2) is 5.54 Å². The fourth-order valence-corrected chi connectivity index (χ4v) is 0.792. The van der Waals surface area contributed by atoms with Crippen LogP contribution in [0.2, 0.25) is 0 Å². The smallest absolute Gasteiger partial charge is 0.415 e. The van der Waals surface area contributed by atoms with Crippen LogP contribution >= 0.6 is 0 Å². The van der Waals surface area contributed by atoms with Crippen LogP contribution in [0.15, 0.2) is 0 Å². The first kappa shape index (κ1) is 13.7. The van der Waals surface area contributed by atoms with Crippen molar-refractivity contribution in [2.24, 2.45) is 5.73 Å². The third-order valence-corrected chi connectivity index (χ3v) is 1.75. The largest absolute Gasteiger partial charge is 0.480 e. The molecule has 0 aliphatic heterocycles. The molecule has 1 amide bonds. The molecule has 0 heterocycles. The molecule has 0 aromatic rings. The Labute approximate surface area is 83.6 Å². The maximum atomic E-state index is 12.3. The lowest BCUT2D eigenvalue weighted by Crippen LogP contribution is -2.62. The van der Waals surface area contributed by atoms with Gasteiger partial charge in [0.2, 0.25) is 0 Å². The maximum Gasteiger partial charge on any atom is 0.415 e. The highest BCUT2D eigenvalue weighted by atomic mass is 19.4. The van der Waals surface area contributed by atoms with Crippen molar-refractivity contribution in [1.82, 2.24) is 4.90 Å². The summed E-state index contributed by atoms with van der Waals surface area (Å²) in [6, 6.07) is 0. The average Bonchev–Trinajstić information content (AvgIpc) is 1.99. The number of halogens is 3. The Bertz CT molecular complexity index is 275. The number of likely N-dealkylation sites (N-methyl/N-ethyl adjacent to an activating group) is 1. The number of carboxylic acids is 1. The molecule has 1 atom stereocenters. The molecule has 0 radical (unpaired) electrons. The Hall–Kier alpha value is -1.31. The first-order valence-corrected chi connectivity index (χ1v) is 3.83. The summed E-state index contributed by atoms with van der Waals surface area (Å²) in [6.45, 7) is -0.338. The highest BCUT2D eigenvalue weighted by Gasteiger charge is 2.55. The topological polar surface area (TPSA) is 83.6 Å². The summed E-state index contributed by atoms with van der Waals surface area (Å²) >= 11 is 0. The van der Waals surface area contributed by atoms with Crippen LogP contribution < -0.4 is 5.73 Å². The predicted molar refractivity (Wildman–Crippen MR) is 43.9 cm³/mol. The highest BCUT2D eigenvalue weighted by Crippen LogP contribution is 2.29. The van der Waals surface area contributed by atoms with Gasteiger partial charge in [0, 0.05) is 7.05 Å². The van der Waals surface area contributed by atoms with Crippen molar-refractivity contribution >= 4 is 11.9 Å². The van der Waals surface area contributed by atoms with E-state index in [1.807, 2.05) is 0 Å². The summed E-state index contributed by atoms with van der Waals surface area (Å²) in [5.41, 5.74) is 1.73. The van der Waals surface area contributed by atoms with Crippen LogP contribution in [0.1, 0.15) is 6.92 Å². The molecule has 0 fully saturated rings. The summed E-state index contributed by atoms with van der Waals surface area (Å²) in [5.74, 6) is -2.90. The van der Waals surface area contributed by atoms with Gasteiger partial charge in [-0.3, -0.25) is 9.59 Å². The zero-order valence-electron chi connectivity index (χ0n) is 8.13. The van der Waals surface area contributed by atoms with E-state index in [4.69, 9.17) is 10.8 Å². The minimum absolute atomic E-state index is 0.413. The summed E-state index contributed by atoms with van der Waals surface area (Å²) in [4.78, 5) is 21.8. The van der Waals surface area contributed by atoms with Crippen LogP contribution in [0, 0.1) is 0 Å². The number of carbonyl (C=O) groups excluding carboxylic acids is 1. The quantitative estimate of drug-likeness (QED) is 0.701. The fraction of sp³-hybridized carbons (Fsp3) is 0.714. The Balaban J connectivity index is 4.78. The number of hydrogen-bond acceptors (Lipinski definition) is 3. The van der Waals surface area contributed by atoms with Gasteiger partial charge in [-0.05, 0) is 6.92 Å². The van der Waals surface area contributed by atoms with E-state index in [0.717, 1.165) is 7.05 Å². The minimum Gasteiger partial charge on any atom is -0.480 e. The van der Waals surface area contributed by atoms with Crippen molar-refractivity contribution < 1.29 is 27.9 Å². The number of amides is 1. The summed E-state index contributed by atoms with van der Waals surface area (Å²) in [5, 5.41) is 8.29. The van der Waals surface area contributed by atoms with Gasteiger partial charge in [-0.1, -0.05) is 0 Å². The second-order valence-corrected chi connectivity index (χ2v) is 3.26. The number of rotatable bonds is 3. The molecule has 0 aromatic heterocycles. The van der Waals surface area contributed by atoms with E-state index in [1.54, 1.807) is 0 Å². The average molecular weight is 228 g/mol. The molecule has 0 aliphatic carbocycles. The van der Waals surface area contributed by atoms with Gasteiger partial charge in [0.1, 0.15) is 6.54 Å². The van der Waals surface area contributed by atoms with E-state index in [-0.39, 0.29) is 0 Å². The van der Waals surface area contributed by atoms with Crippen molar-refractivity contribution in [3.05, 3.63) is 0 Å². The summed E-state index contributed by atoms with van der Waals surface area (Å²) < 4.78 is 36.8. The first-order chi connectivity index (χ1) is 6.50. The standard InChI is InChI=1S/C7H11F3N2O3/c1-6(11,7(8,9)10)5(15)12(2)3-4(13)14/h3,11H2,1-2H3,(H,13,14). The van der Waals surface area contributed by atoms with Crippen LogP contribution in [0.25, 0.3) is 0 Å². The van der Waals surface area contributed by atoms with Crippen LogP contribution in [0.4, 0.5) is 13.2 Å². The van der Waals surface area contributed by atoms with E-state index < -0.39 is 30.1 Å². The maximum absolute atomic E-state index is 12.3. The monoisotopic (exact) mass is 228 g/mol. The number of alkyl halides is 3. The van der Waals surface area contributed by atoms with Crippen LogP contribution in [-0.4, -0.2) is 47.2 Å². The molecule has 0 aromatic carbocycles. The molecule has 0 bridgehead atoms. The lowest BCUT2D eigenvalue weighted by Gasteiger charge is -2.29. The minimum atomic E-state index is -4.92. The molecular weight excluding hydrogens is 217 g/mol. The van der Waals surface area contributed by atoms with Gasteiger partial charge in [0.05, 0.1) is 0 Å². The molecule has 1 unspecified atom stereocenters. The van der Waals surface area contributed by atoms with Gasteiger partial charge < -0.3 is 15.7 Å². The van der Waals surface area contributed by atoms with Crippen molar-refractivity contribution in [1.29, 1.82) is 0 Å². The molecule has 88 valence electrons. The zero-order chi connectivity index (χ0) is 12.4. The number of nitrogens with two attached hydrogens (primary N) is 1. The number of hydrogen-bond donors (Lipinski definition) is 2. The van der Waals surface area contributed by atoms with Crippen molar-refractivity contribution in [2.45, 2.75) is 18.6 Å². The van der Waals surface area contributed by atoms with Gasteiger partial charge in [0.25, 0.3) is 5.91 Å². The first-order valence-electron chi connectivity index (χ1n) is 3.83. The van der Waals surface area contributed by atoms with E-state index >= 15 is 0 Å². The number of carbonyl (C=O) groups is 2. The van der Waals surface area contributed by atoms with Crippen molar-refractivity contribution in [3.63, 3.8) is 0 Å². The third kappa shape index (κ3) is 3.08. The summed E-state index contributed by atoms with van der Waals surface area (Å²) in [7, 11) is 0.938. The zero-order valence-corrected chi connectivity index (χ0v) is 8.13. The van der Waals surface area contributed by atoms with Gasteiger partial charge >= 0.3 is 12.1 Å². The number of aliphatic carboxylic acids is 1. The number of carboxylic acid groups (broad SMARTS) is 1. The molecule has 8 heteroatoms. The Morgan fingerprint density at radius 1 is 1.40 bits per heavy atom. The highest BCUT2D eigenvalue weighted by molar-refractivity contribution is 5.89. The van der Waals surface area contributed by atoms with Gasteiger partial charge in [-0.15, -0.1) is 0 Å². The van der Waals surface area contributed by atoms with Crippen LogP contribution in [0.5, 0.6) is 0 Å². The molecule has 0 saturated carbocycles. The van der Waals surface area contributed by atoms with Crippen molar-refractivity contribution in [2.75, 3.05) is 13.6 Å². The second-order valence-electron chi connectivity index (χ2n) is 3.26. The van der Waals surface area contributed by atoms with E-state index in [9.17, 15) is 22.8 Å². The lowest BCUT2D eigenvalue weighted by atomic mass is 10.0. The van der Waals surface area contributed by atoms with E-state index in [2.05, 4.69) is 0 Å². The molecular formula is C7H11F3N2O3. The van der Waals surface area contributed by atoms with E-state index in [1.165, 1.54) is 0 Å². The molecule has 15 heavy (non-hydrogen) atoms.